The lowest BCUT2D eigenvalue weighted by Gasteiger charge is -2.27. The van der Waals surface area contributed by atoms with Crippen molar-refractivity contribution in [3.05, 3.63) is 70.5 Å². The number of methoxy groups -OCH3 is 1. The summed E-state index contributed by atoms with van der Waals surface area (Å²) in [7, 11) is 1.53. The van der Waals surface area contributed by atoms with Crippen molar-refractivity contribution in [2.45, 2.75) is 19.4 Å². The number of hydrogen-bond acceptors (Lipinski definition) is 4. The quantitative estimate of drug-likeness (QED) is 0.650. The van der Waals surface area contributed by atoms with Crippen molar-refractivity contribution in [1.29, 1.82) is 0 Å². The van der Waals surface area contributed by atoms with Crippen LogP contribution in [-0.2, 0) is 9.53 Å². The Hall–Kier alpha value is -2.97. The Morgan fingerprint density at radius 2 is 1.97 bits per heavy atom. The molecule has 1 aliphatic heterocycles. The van der Waals surface area contributed by atoms with Crippen molar-refractivity contribution in [2.24, 2.45) is 5.10 Å². The van der Waals surface area contributed by atoms with Crippen LogP contribution in [-0.4, -0.2) is 60.9 Å². The Morgan fingerprint density at radius 3 is 2.62 bits per heavy atom. The van der Waals surface area contributed by atoms with Crippen LogP contribution in [0.15, 0.2) is 53.6 Å². The van der Waals surface area contributed by atoms with Gasteiger partial charge in [0.1, 0.15) is 12.4 Å². The second-order valence-electron chi connectivity index (χ2n) is 7.29. The monoisotopic (exact) mass is 460 g/mol. The van der Waals surface area contributed by atoms with Crippen LogP contribution in [0, 0.1) is 5.82 Å². The Labute approximate surface area is 191 Å². The lowest BCUT2D eigenvalue weighted by molar-refractivity contribution is -0.133. The summed E-state index contributed by atoms with van der Waals surface area (Å²) in [6.45, 7) is 2.61. The van der Waals surface area contributed by atoms with Gasteiger partial charge in [0, 0.05) is 37.2 Å². The standard InChI is InChI=1S/C23H26ClFN4O3/c1-3-26-23(31)28(12-13-32-2)15-22(30)29-21(16-8-10-17(25)11-9-16)14-20(27-29)18-6-4-5-7-19(18)24/h4-11,21H,3,12-15H2,1-2H3,(H,26,31)/t21-/m0/s1. The van der Waals surface area contributed by atoms with Gasteiger partial charge in [-0.1, -0.05) is 41.9 Å². The first-order chi connectivity index (χ1) is 15.4. The third-order valence-corrected chi connectivity index (χ3v) is 5.44. The summed E-state index contributed by atoms with van der Waals surface area (Å²) in [4.78, 5) is 27.1. The minimum absolute atomic E-state index is 0.174. The predicted octanol–water partition coefficient (Wildman–Crippen LogP) is 3.83. The molecular formula is C23H26ClFN4O3. The highest BCUT2D eigenvalue weighted by molar-refractivity contribution is 6.34. The number of benzene rings is 2. The van der Waals surface area contributed by atoms with Crippen LogP contribution < -0.4 is 5.32 Å². The molecule has 3 amide bonds. The van der Waals surface area contributed by atoms with Gasteiger partial charge in [0.25, 0.3) is 5.91 Å². The number of carbonyl (C=O) groups excluding carboxylic acids is 2. The molecule has 1 aliphatic rings. The number of ether oxygens (including phenoxy) is 1. The molecule has 3 rings (SSSR count). The van der Waals surface area contributed by atoms with Gasteiger partial charge in [-0.05, 0) is 30.7 Å². The third kappa shape index (κ3) is 5.63. The molecule has 1 N–H and O–H groups in total. The number of nitrogens with one attached hydrogen (secondary N) is 1. The van der Waals surface area contributed by atoms with E-state index >= 15 is 0 Å². The molecule has 32 heavy (non-hydrogen) atoms. The van der Waals surface area contributed by atoms with Crippen molar-refractivity contribution in [3.8, 4) is 0 Å². The Bertz CT molecular complexity index is 983. The Morgan fingerprint density at radius 1 is 1.25 bits per heavy atom. The summed E-state index contributed by atoms with van der Waals surface area (Å²) in [5, 5.41) is 9.17. The van der Waals surface area contributed by atoms with Crippen LogP contribution in [0.5, 0.6) is 0 Å². The molecule has 0 aliphatic carbocycles. The van der Waals surface area contributed by atoms with Gasteiger partial charge < -0.3 is 15.0 Å². The first-order valence-corrected chi connectivity index (χ1v) is 10.7. The van der Waals surface area contributed by atoms with Gasteiger partial charge >= 0.3 is 6.03 Å². The van der Waals surface area contributed by atoms with Crippen LogP contribution in [0.1, 0.15) is 30.5 Å². The van der Waals surface area contributed by atoms with Crippen molar-refractivity contribution >= 4 is 29.3 Å². The number of hydrazone groups is 1. The van der Waals surface area contributed by atoms with Crippen LogP contribution in [0.4, 0.5) is 9.18 Å². The summed E-state index contributed by atoms with van der Waals surface area (Å²) in [5.74, 6) is -0.720. The van der Waals surface area contributed by atoms with E-state index in [9.17, 15) is 14.0 Å². The summed E-state index contributed by atoms with van der Waals surface area (Å²) in [6, 6.07) is 12.5. The summed E-state index contributed by atoms with van der Waals surface area (Å²) < 4.78 is 18.6. The Balaban J connectivity index is 1.90. The fraction of sp³-hybridized carbons (Fsp3) is 0.348. The van der Waals surface area contributed by atoms with Gasteiger partial charge in [-0.2, -0.15) is 5.10 Å². The Kier molecular flexibility index (Phi) is 8.19. The van der Waals surface area contributed by atoms with Gasteiger partial charge in [0.05, 0.1) is 18.4 Å². The van der Waals surface area contributed by atoms with Gasteiger partial charge in [0.15, 0.2) is 0 Å². The highest BCUT2D eigenvalue weighted by Crippen LogP contribution is 2.34. The van der Waals surface area contributed by atoms with E-state index in [-0.39, 0.29) is 30.8 Å². The molecule has 9 heteroatoms. The SMILES string of the molecule is CCNC(=O)N(CCOC)CC(=O)N1N=C(c2ccccc2Cl)C[C@H]1c1ccc(F)cc1. The number of hydrogen-bond donors (Lipinski definition) is 1. The van der Waals surface area contributed by atoms with E-state index in [1.807, 2.05) is 18.2 Å². The maximum Gasteiger partial charge on any atom is 0.317 e. The van der Waals surface area contributed by atoms with Crippen molar-refractivity contribution < 1.29 is 18.7 Å². The van der Waals surface area contributed by atoms with Crippen molar-refractivity contribution in [2.75, 3.05) is 33.4 Å². The number of amides is 3. The molecule has 0 bridgehead atoms. The average Bonchev–Trinajstić information content (AvgIpc) is 3.22. The molecule has 7 nitrogen and oxygen atoms in total. The fourth-order valence-electron chi connectivity index (χ4n) is 3.50. The molecule has 0 saturated heterocycles. The maximum absolute atomic E-state index is 13.5. The summed E-state index contributed by atoms with van der Waals surface area (Å²) in [6.07, 6.45) is 0.417. The normalized spacial score (nSPS) is 15.4. The van der Waals surface area contributed by atoms with Gasteiger partial charge in [-0.25, -0.2) is 14.2 Å². The molecule has 0 aromatic heterocycles. The highest BCUT2D eigenvalue weighted by Gasteiger charge is 2.34. The highest BCUT2D eigenvalue weighted by atomic mass is 35.5. The molecule has 0 saturated carbocycles. The maximum atomic E-state index is 13.5. The molecule has 2 aromatic carbocycles. The lowest BCUT2D eigenvalue weighted by Crippen LogP contribution is -2.47. The number of rotatable bonds is 8. The molecule has 0 fully saturated rings. The molecule has 1 heterocycles. The molecule has 2 aromatic rings. The molecule has 0 spiro atoms. The van der Waals surface area contributed by atoms with E-state index in [4.69, 9.17) is 16.3 Å². The topological polar surface area (TPSA) is 74.2 Å². The largest absolute Gasteiger partial charge is 0.383 e. The predicted molar refractivity (Wildman–Crippen MR) is 121 cm³/mol. The van der Waals surface area contributed by atoms with Crippen LogP contribution in [0.2, 0.25) is 5.02 Å². The van der Waals surface area contributed by atoms with Crippen LogP contribution in [0.3, 0.4) is 0 Å². The first-order valence-electron chi connectivity index (χ1n) is 10.4. The zero-order valence-electron chi connectivity index (χ0n) is 18.1. The van der Waals surface area contributed by atoms with E-state index < -0.39 is 6.04 Å². The van der Waals surface area contributed by atoms with Gasteiger partial charge in [-0.15, -0.1) is 0 Å². The van der Waals surface area contributed by atoms with Crippen LogP contribution >= 0.6 is 11.6 Å². The van der Waals surface area contributed by atoms with Crippen molar-refractivity contribution in [3.63, 3.8) is 0 Å². The zero-order chi connectivity index (χ0) is 23.1. The average molecular weight is 461 g/mol. The van der Waals surface area contributed by atoms with Crippen LogP contribution in [0.25, 0.3) is 0 Å². The molecule has 170 valence electrons. The number of nitrogens with zero attached hydrogens (tertiary/aromatic N) is 3. The molecule has 1 atom stereocenters. The fourth-order valence-corrected chi connectivity index (χ4v) is 3.74. The van der Waals surface area contributed by atoms with E-state index in [1.54, 1.807) is 25.1 Å². The first kappa shape index (κ1) is 23.7. The molecular weight excluding hydrogens is 435 g/mol. The molecule has 0 radical (unpaired) electrons. The minimum atomic E-state index is -0.437. The molecule has 0 unspecified atom stereocenters. The van der Waals surface area contributed by atoms with Crippen molar-refractivity contribution in [1.82, 2.24) is 15.2 Å². The second-order valence-corrected chi connectivity index (χ2v) is 7.69. The van der Waals surface area contributed by atoms with Gasteiger partial charge in [-0.3, -0.25) is 4.79 Å². The lowest BCUT2D eigenvalue weighted by atomic mass is 9.98. The van der Waals surface area contributed by atoms with E-state index in [1.165, 1.54) is 29.2 Å². The van der Waals surface area contributed by atoms with E-state index in [0.29, 0.717) is 30.3 Å². The third-order valence-electron chi connectivity index (χ3n) is 5.11. The zero-order valence-corrected chi connectivity index (χ0v) is 18.8. The summed E-state index contributed by atoms with van der Waals surface area (Å²) >= 11 is 6.36. The minimum Gasteiger partial charge on any atom is -0.383 e. The second kappa shape index (κ2) is 11.1. The number of halogens is 2. The van der Waals surface area contributed by atoms with E-state index in [2.05, 4.69) is 10.4 Å². The number of urea groups is 1. The van der Waals surface area contributed by atoms with E-state index in [0.717, 1.165) is 11.1 Å². The smallest absolute Gasteiger partial charge is 0.317 e. The summed E-state index contributed by atoms with van der Waals surface area (Å²) in [5.41, 5.74) is 2.13. The number of carbonyl (C=O) groups is 2. The van der Waals surface area contributed by atoms with Gasteiger partial charge in [0.2, 0.25) is 0 Å².